The summed E-state index contributed by atoms with van der Waals surface area (Å²) in [6.07, 6.45) is 5.31. The van der Waals surface area contributed by atoms with E-state index in [1.54, 1.807) is 11.3 Å². The highest BCUT2D eigenvalue weighted by Gasteiger charge is 2.25. The average Bonchev–Trinajstić information content (AvgIpc) is 2.91. The highest BCUT2D eigenvalue weighted by molar-refractivity contribution is 14.0. The Hall–Kier alpha value is -0.220. The van der Waals surface area contributed by atoms with Crippen molar-refractivity contribution in [2.75, 3.05) is 19.3 Å². The van der Waals surface area contributed by atoms with E-state index in [1.165, 1.54) is 4.88 Å². The van der Waals surface area contributed by atoms with E-state index in [0.717, 1.165) is 61.1 Å². The van der Waals surface area contributed by atoms with Crippen molar-refractivity contribution < 1.29 is 4.21 Å². The highest BCUT2D eigenvalue weighted by atomic mass is 127. The number of guanidine groups is 1. The van der Waals surface area contributed by atoms with Crippen LogP contribution in [0.5, 0.6) is 0 Å². The van der Waals surface area contributed by atoms with Crippen molar-refractivity contribution in [3.63, 3.8) is 0 Å². The second kappa shape index (κ2) is 11.5. The molecular formula is C17H31IN4OS2. The molecule has 8 heteroatoms. The summed E-state index contributed by atoms with van der Waals surface area (Å²) in [6.45, 7) is 6.98. The molecule has 0 amide bonds. The van der Waals surface area contributed by atoms with Crippen molar-refractivity contribution in [1.29, 1.82) is 0 Å². The van der Waals surface area contributed by atoms with Crippen LogP contribution >= 0.6 is 35.3 Å². The second-order valence-electron chi connectivity index (χ2n) is 6.29. The van der Waals surface area contributed by atoms with Crippen LogP contribution in [0.4, 0.5) is 0 Å². The summed E-state index contributed by atoms with van der Waals surface area (Å²) < 4.78 is 12.1. The topological polar surface area (TPSA) is 66.4 Å². The van der Waals surface area contributed by atoms with Crippen molar-refractivity contribution >= 4 is 52.1 Å². The van der Waals surface area contributed by atoms with E-state index >= 15 is 0 Å². The summed E-state index contributed by atoms with van der Waals surface area (Å²) in [5.74, 6) is 1.61. The maximum Gasteiger partial charge on any atom is 0.191 e. The van der Waals surface area contributed by atoms with E-state index in [1.807, 2.05) is 14.0 Å². The molecule has 1 fully saturated rings. The van der Waals surface area contributed by atoms with Crippen LogP contribution in [0.3, 0.4) is 0 Å². The summed E-state index contributed by atoms with van der Waals surface area (Å²) in [4.78, 5) is 10.1. The molecular weight excluding hydrogens is 467 g/mol. The smallest absolute Gasteiger partial charge is 0.191 e. The van der Waals surface area contributed by atoms with Crippen LogP contribution in [0.2, 0.25) is 0 Å². The van der Waals surface area contributed by atoms with E-state index in [-0.39, 0.29) is 24.0 Å². The predicted octanol–water partition coefficient (Wildman–Crippen LogP) is 3.17. The molecule has 144 valence electrons. The minimum absolute atomic E-state index is 0. The minimum Gasteiger partial charge on any atom is -0.356 e. The minimum atomic E-state index is -0.687. The lowest BCUT2D eigenvalue weighted by molar-refractivity contribution is 0.413. The van der Waals surface area contributed by atoms with Crippen LogP contribution in [0.1, 0.15) is 48.2 Å². The lowest BCUT2D eigenvalue weighted by Crippen LogP contribution is -2.47. The first kappa shape index (κ1) is 22.8. The zero-order chi connectivity index (χ0) is 17.5. The largest absolute Gasteiger partial charge is 0.356 e. The van der Waals surface area contributed by atoms with Gasteiger partial charge in [-0.25, -0.2) is 4.98 Å². The first-order valence-corrected chi connectivity index (χ1v) is 11.0. The Labute approximate surface area is 175 Å². The van der Waals surface area contributed by atoms with Gasteiger partial charge >= 0.3 is 0 Å². The zero-order valence-electron chi connectivity index (χ0n) is 15.6. The van der Waals surface area contributed by atoms with Crippen molar-refractivity contribution in [1.82, 2.24) is 15.6 Å². The molecule has 3 atom stereocenters. The number of thiazole rings is 1. The van der Waals surface area contributed by atoms with Crippen LogP contribution in [0.25, 0.3) is 0 Å². The third-order valence-electron chi connectivity index (χ3n) is 4.49. The molecule has 0 bridgehead atoms. The Morgan fingerprint density at radius 2 is 2.16 bits per heavy atom. The van der Waals surface area contributed by atoms with Gasteiger partial charge in [0.25, 0.3) is 0 Å². The van der Waals surface area contributed by atoms with Gasteiger partial charge in [0.2, 0.25) is 0 Å². The first-order valence-electron chi connectivity index (χ1n) is 8.80. The Morgan fingerprint density at radius 1 is 1.40 bits per heavy atom. The third-order valence-corrected chi connectivity index (χ3v) is 7.36. The van der Waals surface area contributed by atoms with Gasteiger partial charge in [-0.05, 0) is 33.1 Å². The van der Waals surface area contributed by atoms with Gasteiger partial charge in [-0.15, -0.1) is 35.3 Å². The Bertz CT molecular complexity index is 591. The molecule has 1 aliphatic rings. The van der Waals surface area contributed by atoms with Gasteiger partial charge in [-0.2, -0.15) is 0 Å². The molecule has 25 heavy (non-hydrogen) atoms. The molecule has 2 N–H and O–H groups in total. The third kappa shape index (κ3) is 7.13. The fourth-order valence-electron chi connectivity index (χ4n) is 3.24. The summed E-state index contributed by atoms with van der Waals surface area (Å²) >= 11 is 1.77. The van der Waals surface area contributed by atoms with Gasteiger partial charge in [-0.3, -0.25) is 9.20 Å². The molecule has 0 aliphatic heterocycles. The lowest BCUT2D eigenvalue weighted by atomic mass is 9.95. The number of rotatable bonds is 6. The fraction of sp³-hybridized carbons (Fsp3) is 0.765. The molecule has 2 rings (SSSR count). The molecule has 5 nitrogen and oxygen atoms in total. The molecule has 0 aromatic carbocycles. The van der Waals surface area contributed by atoms with Crippen LogP contribution in [-0.4, -0.2) is 45.8 Å². The number of hydrogen-bond acceptors (Lipinski definition) is 4. The molecule has 1 aliphatic carbocycles. The number of halogens is 1. The van der Waals surface area contributed by atoms with Crippen molar-refractivity contribution in [3.05, 3.63) is 15.6 Å². The molecule has 0 spiro atoms. The maximum atomic E-state index is 12.1. The van der Waals surface area contributed by atoms with Crippen molar-refractivity contribution in [2.45, 2.75) is 64.2 Å². The fourth-order valence-corrected chi connectivity index (χ4v) is 5.52. The van der Waals surface area contributed by atoms with Gasteiger partial charge in [0, 0.05) is 52.7 Å². The van der Waals surface area contributed by atoms with Crippen molar-refractivity contribution in [2.24, 2.45) is 4.99 Å². The first-order chi connectivity index (χ1) is 11.5. The molecule has 3 unspecified atom stereocenters. The Kier molecular flexibility index (Phi) is 10.5. The van der Waals surface area contributed by atoms with E-state index < -0.39 is 10.8 Å². The Morgan fingerprint density at radius 3 is 2.76 bits per heavy atom. The van der Waals surface area contributed by atoms with E-state index in [2.05, 4.69) is 34.5 Å². The van der Waals surface area contributed by atoms with Crippen LogP contribution in [0.15, 0.2) is 4.99 Å². The lowest BCUT2D eigenvalue weighted by Gasteiger charge is -2.30. The summed E-state index contributed by atoms with van der Waals surface area (Å²) in [5.41, 5.74) is 1.14. The van der Waals surface area contributed by atoms with Gasteiger partial charge in [0.05, 0.1) is 10.7 Å². The summed E-state index contributed by atoms with van der Waals surface area (Å²) in [7, 11) is 1.12. The SMILES string of the molecule is CCS(=O)C1CCCC(NC(=NC)NCCc2sc(C)nc2C)C1.I. The second-order valence-corrected chi connectivity index (χ2v) is 9.58. The van der Waals surface area contributed by atoms with Gasteiger partial charge in [0.1, 0.15) is 0 Å². The average molecular weight is 499 g/mol. The molecule has 1 aromatic heterocycles. The molecule has 0 radical (unpaired) electrons. The standard InChI is InChI=1S/C17H30N4OS2.HI/c1-5-24(22)15-8-6-7-14(11-15)21-17(18-4)19-10-9-16-12(2)20-13(3)23-16;/h14-15H,5-11H2,1-4H3,(H2,18,19,21);1H. The van der Waals surface area contributed by atoms with E-state index in [0.29, 0.717) is 11.3 Å². The van der Waals surface area contributed by atoms with Crippen LogP contribution in [-0.2, 0) is 17.2 Å². The number of aliphatic imine (C=N–C) groups is 1. The summed E-state index contributed by atoms with van der Waals surface area (Å²) in [5, 5.41) is 8.38. The number of aryl methyl sites for hydroxylation is 2. The Balaban J connectivity index is 0.00000312. The highest BCUT2D eigenvalue weighted by Crippen LogP contribution is 2.23. The molecule has 1 saturated carbocycles. The number of aromatic nitrogens is 1. The number of hydrogen-bond donors (Lipinski definition) is 2. The monoisotopic (exact) mass is 498 g/mol. The van der Waals surface area contributed by atoms with Crippen molar-refractivity contribution in [3.8, 4) is 0 Å². The number of nitrogens with one attached hydrogen (secondary N) is 2. The quantitative estimate of drug-likeness (QED) is 0.359. The van der Waals surface area contributed by atoms with Crippen LogP contribution in [0, 0.1) is 13.8 Å². The van der Waals surface area contributed by atoms with Gasteiger partial charge < -0.3 is 10.6 Å². The van der Waals surface area contributed by atoms with E-state index in [4.69, 9.17) is 0 Å². The maximum absolute atomic E-state index is 12.1. The molecule has 1 aromatic rings. The van der Waals surface area contributed by atoms with Gasteiger partial charge in [0.15, 0.2) is 5.96 Å². The number of nitrogens with zero attached hydrogens (tertiary/aromatic N) is 2. The summed E-state index contributed by atoms with van der Waals surface area (Å²) in [6, 6.07) is 0.373. The zero-order valence-corrected chi connectivity index (χ0v) is 19.6. The van der Waals surface area contributed by atoms with Gasteiger partial charge in [-0.1, -0.05) is 13.3 Å². The normalized spacial score (nSPS) is 22.2. The predicted molar refractivity (Wildman–Crippen MR) is 120 cm³/mol. The molecule has 0 saturated heterocycles. The molecule has 1 heterocycles. The van der Waals surface area contributed by atoms with E-state index in [9.17, 15) is 4.21 Å². The van der Waals surface area contributed by atoms with Crippen LogP contribution < -0.4 is 10.6 Å².